The highest BCUT2D eigenvalue weighted by atomic mass is 16.5. The number of aromatic amines is 1. The zero-order valence-electron chi connectivity index (χ0n) is 10.6. The van der Waals surface area contributed by atoms with Crippen molar-refractivity contribution in [3.8, 4) is 0 Å². The van der Waals surface area contributed by atoms with Crippen molar-refractivity contribution in [1.82, 2.24) is 15.4 Å². The Kier molecular flexibility index (Phi) is 4.25. The molecule has 0 unspecified atom stereocenters. The molecule has 0 spiro atoms. The van der Waals surface area contributed by atoms with Gasteiger partial charge in [-0.15, -0.1) is 0 Å². The Bertz CT molecular complexity index is 404. The van der Waals surface area contributed by atoms with Crippen LogP contribution in [0.2, 0.25) is 0 Å². The molecule has 0 radical (unpaired) electrons. The van der Waals surface area contributed by atoms with Crippen LogP contribution in [0, 0.1) is 0 Å². The number of hydrazone groups is 1. The van der Waals surface area contributed by atoms with Gasteiger partial charge < -0.3 is 9.72 Å². The number of aromatic nitrogens is 2. The number of ether oxygens (including phenoxy) is 1. The van der Waals surface area contributed by atoms with Crippen molar-refractivity contribution < 1.29 is 9.53 Å². The lowest BCUT2D eigenvalue weighted by atomic mass is 9.96. The maximum Gasteiger partial charge on any atom is 0.427 e. The molecule has 0 saturated heterocycles. The van der Waals surface area contributed by atoms with Gasteiger partial charge >= 0.3 is 6.09 Å². The SMILES string of the molecule is CCOC(=O)N/N=C/c1cnc(C(C)(C)C)[nH]1. The molecule has 0 aliphatic rings. The van der Waals surface area contributed by atoms with E-state index in [9.17, 15) is 4.79 Å². The number of hydrogen-bond acceptors (Lipinski definition) is 4. The van der Waals surface area contributed by atoms with E-state index in [1.807, 2.05) is 0 Å². The molecular formula is C11H18N4O2. The predicted molar refractivity (Wildman–Crippen MR) is 65.0 cm³/mol. The molecule has 0 aliphatic carbocycles. The van der Waals surface area contributed by atoms with Crippen molar-refractivity contribution in [2.24, 2.45) is 5.10 Å². The van der Waals surface area contributed by atoms with Gasteiger partial charge in [0.05, 0.1) is 24.7 Å². The van der Waals surface area contributed by atoms with E-state index >= 15 is 0 Å². The van der Waals surface area contributed by atoms with Crippen LogP contribution in [-0.4, -0.2) is 28.9 Å². The topological polar surface area (TPSA) is 79.4 Å². The molecule has 0 fully saturated rings. The van der Waals surface area contributed by atoms with E-state index in [0.29, 0.717) is 6.61 Å². The lowest BCUT2D eigenvalue weighted by Gasteiger charge is -2.13. The number of hydrogen-bond donors (Lipinski definition) is 2. The maximum atomic E-state index is 10.9. The summed E-state index contributed by atoms with van der Waals surface area (Å²) < 4.78 is 4.65. The van der Waals surface area contributed by atoms with E-state index in [0.717, 1.165) is 11.5 Å². The standard InChI is InChI=1S/C11H18N4O2/c1-5-17-10(16)15-13-7-8-6-12-9(14-8)11(2,3)4/h6-7H,5H2,1-4H3,(H,12,14)(H,15,16)/b13-7+. The average Bonchev–Trinajstić information content (AvgIpc) is 2.66. The molecular weight excluding hydrogens is 220 g/mol. The van der Waals surface area contributed by atoms with Crippen molar-refractivity contribution in [3.05, 3.63) is 17.7 Å². The summed E-state index contributed by atoms with van der Waals surface area (Å²) in [7, 11) is 0. The zero-order valence-corrected chi connectivity index (χ0v) is 10.6. The van der Waals surface area contributed by atoms with Crippen molar-refractivity contribution in [2.75, 3.05) is 6.61 Å². The number of carbonyl (C=O) groups is 1. The van der Waals surface area contributed by atoms with E-state index in [1.54, 1.807) is 13.1 Å². The largest absolute Gasteiger partial charge is 0.449 e. The van der Waals surface area contributed by atoms with Gasteiger partial charge in [-0.25, -0.2) is 15.2 Å². The van der Waals surface area contributed by atoms with Crippen LogP contribution in [0.1, 0.15) is 39.2 Å². The summed E-state index contributed by atoms with van der Waals surface area (Å²) in [5, 5.41) is 3.73. The minimum Gasteiger partial charge on any atom is -0.449 e. The molecule has 6 nitrogen and oxygen atoms in total. The van der Waals surface area contributed by atoms with E-state index in [-0.39, 0.29) is 5.41 Å². The fourth-order valence-electron chi connectivity index (χ4n) is 1.10. The van der Waals surface area contributed by atoms with Gasteiger partial charge in [0.25, 0.3) is 0 Å². The number of rotatable bonds is 3. The summed E-state index contributed by atoms with van der Waals surface area (Å²) in [6.07, 6.45) is 2.58. The molecule has 17 heavy (non-hydrogen) atoms. The smallest absolute Gasteiger partial charge is 0.427 e. The van der Waals surface area contributed by atoms with Crippen LogP contribution in [0.15, 0.2) is 11.3 Å². The molecule has 94 valence electrons. The second-order valence-corrected chi connectivity index (χ2v) is 4.53. The first-order valence-electron chi connectivity index (χ1n) is 5.44. The number of nitrogens with zero attached hydrogens (tertiary/aromatic N) is 2. The van der Waals surface area contributed by atoms with Crippen LogP contribution in [0.5, 0.6) is 0 Å². The molecule has 1 aromatic heterocycles. The molecule has 0 bridgehead atoms. The fourth-order valence-corrected chi connectivity index (χ4v) is 1.10. The predicted octanol–water partition coefficient (Wildman–Crippen LogP) is 1.79. The van der Waals surface area contributed by atoms with Gasteiger partial charge in [-0.1, -0.05) is 20.8 Å². The van der Waals surface area contributed by atoms with Gasteiger partial charge in [-0.2, -0.15) is 5.10 Å². The van der Waals surface area contributed by atoms with E-state index < -0.39 is 6.09 Å². The van der Waals surface area contributed by atoms with Crippen LogP contribution in [0.3, 0.4) is 0 Å². The van der Waals surface area contributed by atoms with Gasteiger partial charge in [0, 0.05) is 5.41 Å². The number of nitrogens with one attached hydrogen (secondary N) is 2. The quantitative estimate of drug-likeness (QED) is 0.622. The lowest BCUT2D eigenvalue weighted by Crippen LogP contribution is -2.18. The molecule has 1 heterocycles. The summed E-state index contributed by atoms with van der Waals surface area (Å²) in [6, 6.07) is 0. The van der Waals surface area contributed by atoms with Gasteiger partial charge in [0.1, 0.15) is 5.82 Å². The Labute approximate surface area is 100 Å². The van der Waals surface area contributed by atoms with E-state index in [2.05, 4.69) is 46.0 Å². The minimum atomic E-state index is -0.570. The third kappa shape index (κ3) is 4.26. The second-order valence-electron chi connectivity index (χ2n) is 4.53. The van der Waals surface area contributed by atoms with Crippen LogP contribution in [0.4, 0.5) is 4.79 Å². The molecule has 0 aliphatic heterocycles. The first-order chi connectivity index (χ1) is 7.93. The van der Waals surface area contributed by atoms with Gasteiger partial charge in [-0.3, -0.25) is 0 Å². The third-order valence-electron chi connectivity index (χ3n) is 1.94. The highest BCUT2D eigenvalue weighted by Crippen LogP contribution is 2.17. The molecule has 2 N–H and O–H groups in total. The molecule has 0 saturated carbocycles. The fraction of sp³-hybridized carbons (Fsp3) is 0.545. The second kappa shape index (κ2) is 5.47. The Morgan fingerprint density at radius 3 is 2.88 bits per heavy atom. The summed E-state index contributed by atoms with van der Waals surface area (Å²) in [4.78, 5) is 18.3. The maximum absolute atomic E-state index is 10.9. The van der Waals surface area contributed by atoms with Crippen LogP contribution in [-0.2, 0) is 10.2 Å². The average molecular weight is 238 g/mol. The Balaban J connectivity index is 2.55. The molecule has 1 aromatic rings. The Morgan fingerprint density at radius 1 is 1.65 bits per heavy atom. The summed E-state index contributed by atoms with van der Waals surface area (Å²) in [6.45, 7) is 8.23. The summed E-state index contributed by atoms with van der Waals surface area (Å²) in [5.74, 6) is 0.870. The highest BCUT2D eigenvalue weighted by Gasteiger charge is 2.16. The number of amides is 1. The first-order valence-corrected chi connectivity index (χ1v) is 5.44. The van der Waals surface area contributed by atoms with E-state index in [4.69, 9.17) is 0 Å². The molecule has 6 heteroatoms. The number of carbonyl (C=O) groups excluding carboxylic acids is 1. The zero-order chi connectivity index (χ0) is 12.9. The number of imidazole rings is 1. The van der Waals surface area contributed by atoms with Gasteiger partial charge in [0.2, 0.25) is 0 Å². The van der Waals surface area contributed by atoms with Crippen molar-refractivity contribution in [2.45, 2.75) is 33.1 Å². The minimum absolute atomic E-state index is 0.0410. The van der Waals surface area contributed by atoms with Crippen molar-refractivity contribution in [3.63, 3.8) is 0 Å². The molecule has 0 atom stereocenters. The third-order valence-corrected chi connectivity index (χ3v) is 1.94. The number of H-pyrrole nitrogens is 1. The Hall–Kier alpha value is -1.85. The monoisotopic (exact) mass is 238 g/mol. The molecule has 0 aromatic carbocycles. The molecule has 1 rings (SSSR count). The van der Waals surface area contributed by atoms with Crippen molar-refractivity contribution in [1.29, 1.82) is 0 Å². The van der Waals surface area contributed by atoms with Crippen LogP contribution < -0.4 is 5.43 Å². The molecule has 1 amide bonds. The Morgan fingerprint density at radius 2 is 2.35 bits per heavy atom. The summed E-state index contributed by atoms with van der Waals surface area (Å²) in [5.41, 5.74) is 2.93. The normalized spacial score (nSPS) is 11.8. The van der Waals surface area contributed by atoms with Crippen molar-refractivity contribution >= 4 is 12.3 Å². The first kappa shape index (κ1) is 13.2. The van der Waals surface area contributed by atoms with Crippen LogP contribution >= 0.6 is 0 Å². The summed E-state index contributed by atoms with van der Waals surface area (Å²) >= 11 is 0. The van der Waals surface area contributed by atoms with Gasteiger partial charge in [0.15, 0.2) is 0 Å². The van der Waals surface area contributed by atoms with Crippen LogP contribution in [0.25, 0.3) is 0 Å². The van der Waals surface area contributed by atoms with Gasteiger partial charge in [-0.05, 0) is 6.92 Å². The van der Waals surface area contributed by atoms with E-state index in [1.165, 1.54) is 6.21 Å². The lowest BCUT2D eigenvalue weighted by molar-refractivity contribution is 0.152. The highest BCUT2D eigenvalue weighted by molar-refractivity contribution is 5.78.